The molecular formula is C7H10N2O3S2. The molecule has 1 heterocycles. The summed E-state index contributed by atoms with van der Waals surface area (Å²) in [5.74, 6) is 0. The Bertz CT molecular complexity index is 312. The maximum Gasteiger partial charge on any atom is 0.223 e. The largest absolute Gasteiger partial charge is 0.410 e. The van der Waals surface area contributed by atoms with E-state index in [1.807, 2.05) is 13.8 Å². The van der Waals surface area contributed by atoms with Crippen molar-refractivity contribution in [3.8, 4) is 0 Å². The maximum absolute atomic E-state index is 10.1. The van der Waals surface area contributed by atoms with Gasteiger partial charge in [-0.3, -0.25) is 10.1 Å². The van der Waals surface area contributed by atoms with E-state index in [1.54, 1.807) is 0 Å². The van der Waals surface area contributed by atoms with Crippen molar-refractivity contribution in [2.24, 2.45) is 5.16 Å². The Balaban J connectivity index is 2.72. The second kappa shape index (κ2) is 4.22. The lowest BCUT2D eigenvalue weighted by Gasteiger charge is -2.12. The molecule has 0 saturated carbocycles. The standard InChI is InChI=1S/C7H10N2O3S2/c1-7(2)6(8-10)13-5(14-7)3-4-9(11)12/h3,10H,4H2,1-2H3. The van der Waals surface area contributed by atoms with Gasteiger partial charge in [-0.1, -0.05) is 16.9 Å². The molecule has 1 rings (SSSR count). The summed E-state index contributed by atoms with van der Waals surface area (Å²) in [5, 5.41) is 22.6. The lowest BCUT2D eigenvalue weighted by atomic mass is 10.2. The average molecular weight is 234 g/mol. The van der Waals surface area contributed by atoms with Crippen LogP contribution >= 0.6 is 23.5 Å². The summed E-state index contributed by atoms with van der Waals surface area (Å²) in [6.07, 6.45) is 1.54. The van der Waals surface area contributed by atoms with Gasteiger partial charge < -0.3 is 5.21 Å². The minimum atomic E-state index is -0.394. The highest BCUT2D eigenvalue weighted by atomic mass is 32.2. The van der Waals surface area contributed by atoms with Crippen LogP contribution in [-0.4, -0.2) is 26.5 Å². The summed E-state index contributed by atoms with van der Waals surface area (Å²) in [5.41, 5.74) is 0. The van der Waals surface area contributed by atoms with Crippen molar-refractivity contribution in [1.29, 1.82) is 0 Å². The lowest BCUT2D eigenvalue weighted by molar-refractivity contribution is -0.468. The Hall–Kier alpha value is -0.690. The molecule has 0 bridgehead atoms. The summed E-state index contributed by atoms with van der Waals surface area (Å²) in [6.45, 7) is 3.63. The second-order valence-electron chi connectivity index (χ2n) is 3.16. The van der Waals surface area contributed by atoms with Gasteiger partial charge >= 0.3 is 0 Å². The molecule has 7 heteroatoms. The highest BCUT2D eigenvalue weighted by Crippen LogP contribution is 2.50. The van der Waals surface area contributed by atoms with Gasteiger partial charge in [0.2, 0.25) is 6.54 Å². The van der Waals surface area contributed by atoms with Crippen molar-refractivity contribution in [1.82, 2.24) is 0 Å². The van der Waals surface area contributed by atoms with Crippen molar-refractivity contribution in [2.75, 3.05) is 6.54 Å². The molecule has 5 nitrogen and oxygen atoms in total. The number of rotatable bonds is 2. The van der Waals surface area contributed by atoms with Crippen LogP contribution in [0.25, 0.3) is 0 Å². The first kappa shape index (κ1) is 11.4. The van der Waals surface area contributed by atoms with E-state index < -0.39 is 4.92 Å². The predicted molar refractivity (Wildman–Crippen MR) is 58.4 cm³/mol. The number of nitrogens with zero attached hydrogens (tertiary/aromatic N) is 2. The molecule has 0 amide bonds. The molecule has 0 aliphatic carbocycles. The monoisotopic (exact) mass is 234 g/mol. The van der Waals surface area contributed by atoms with Crippen molar-refractivity contribution < 1.29 is 10.1 Å². The zero-order valence-electron chi connectivity index (χ0n) is 7.76. The van der Waals surface area contributed by atoms with Crippen molar-refractivity contribution in [3.63, 3.8) is 0 Å². The van der Waals surface area contributed by atoms with E-state index in [0.29, 0.717) is 5.04 Å². The van der Waals surface area contributed by atoms with Crippen LogP contribution in [0.3, 0.4) is 0 Å². The molecule has 0 aromatic carbocycles. The van der Waals surface area contributed by atoms with Gasteiger partial charge in [0, 0.05) is 15.2 Å². The van der Waals surface area contributed by atoms with Crippen LogP contribution in [0.2, 0.25) is 0 Å². The normalized spacial score (nSPS) is 25.9. The molecule has 0 aromatic rings. The molecule has 0 spiro atoms. The SMILES string of the molecule is CC1(C)SC(=CC[N+](=O)[O-])SC1=NO. The van der Waals surface area contributed by atoms with Gasteiger partial charge in [-0.05, 0) is 13.8 Å². The Kier molecular flexibility index (Phi) is 3.43. The molecule has 0 atom stereocenters. The van der Waals surface area contributed by atoms with E-state index in [9.17, 15) is 10.1 Å². The Morgan fingerprint density at radius 2 is 2.36 bits per heavy atom. The summed E-state index contributed by atoms with van der Waals surface area (Å²) in [4.78, 5) is 9.74. The molecule has 1 aliphatic heterocycles. The van der Waals surface area contributed by atoms with E-state index in [4.69, 9.17) is 5.21 Å². The average Bonchev–Trinajstić information content (AvgIpc) is 2.37. The van der Waals surface area contributed by atoms with Crippen molar-refractivity contribution >= 4 is 28.6 Å². The third-order valence-corrected chi connectivity index (χ3v) is 4.42. The van der Waals surface area contributed by atoms with Gasteiger partial charge in [-0.2, -0.15) is 0 Å². The van der Waals surface area contributed by atoms with Crippen LogP contribution in [0.5, 0.6) is 0 Å². The van der Waals surface area contributed by atoms with Crippen LogP contribution < -0.4 is 0 Å². The topological polar surface area (TPSA) is 75.7 Å². The quantitative estimate of drug-likeness (QED) is 0.450. The number of oxime groups is 1. The van der Waals surface area contributed by atoms with Crippen LogP contribution in [-0.2, 0) is 0 Å². The predicted octanol–water partition coefficient (Wildman–Crippen LogP) is 2.15. The van der Waals surface area contributed by atoms with Gasteiger partial charge in [0.1, 0.15) is 5.04 Å². The third kappa shape index (κ3) is 2.65. The van der Waals surface area contributed by atoms with Gasteiger partial charge in [0.25, 0.3) is 0 Å². The van der Waals surface area contributed by atoms with E-state index in [2.05, 4.69) is 5.16 Å². The fourth-order valence-electron chi connectivity index (χ4n) is 0.907. The highest BCUT2D eigenvalue weighted by molar-refractivity contribution is 8.35. The van der Waals surface area contributed by atoms with Gasteiger partial charge in [0.05, 0.1) is 4.75 Å². The Morgan fingerprint density at radius 1 is 1.71 bits per heavy atom. The summed E-state index contributed by atoms with van der Waals surface area (Å²) in [7, 11) is 0. The number of hydrogen-bond acceptors (Lipinski definition) is 6. The molecule has 1 fully saturated rings. The van der Waals surface area contributed by atoms with Gasteiger partial charge in [0.15, 0.2) is 0 Å². The minimum Gasteiger partial charge on any atom is -0.410 e. The van der Waals surface area contributed by atoms with E-state index >= 15 is 0 Å². The fourth-order valence-corrected chi connectivity index (χ4v) is 3.61. The molecule has 14 heavy (non-hydrogen) atoms. The van der Waals surface area contributed by atoms with Crippen molar-refractivity contribution in [2.45, 2.75) is 18.6 Å². The van der Waals surface area contributed by atoms with Crippen LogP contribution in [0, 0.1) is 10.1 Å². The number of thioether (sulfide) groups is 2. The molecular weight excluding hydrogens is 224 g/mol. The molecule has 1 N–H and O–H groups in total. The first-order valence-electron chi connectivity index (χ1n) is 3.87. The van der Waals surface area contributed by atoms with Crippen LogP contribution in [0.4, 0.5) is 0 Å². The van der Waals surface area contributed by atoms with E-state index in [-0.39, 0.29) is 11.3 Å². The fraction of sp³-hybridized carbons (Fsp3) is 0.571. The molecule has 0 radical (unpaired) electrons. The van der Waals surface area contributed by atoms with E-state index in [1.165, 1.54) is 29.6 Å². The third-order valence-electron chi connectivity index (χ3n) is 1.57. The molecule has 1 saturated heterocycles. The zero-order chi connectivity index (χ0) is 10.8. The summed E-state index contributed by atoms with van der Waals surface area (Å²) >= 11 is 2.75. The highest BCUT2D eigenvalue weighted by Gasteiger charge is 2.36. The first-order chi connectivity index (χ1) is 6.45. The van der Waals surface area contributed by atoms with Crippen LogP contribution in [0.1, 0.15) is 13.8 Å². The molecule has 0 aromatic heterocycles. The Labute approximate surface area is 89.8 Å². The van der Waals surface area contributed by atoms with Crippen LogP contribution in [0.15, 0.2) is 15.5 Å². The molecule has 1 aliphatic rings. The summed E-state index contributed by atoms with van der Waals surface area (Å²) < 4.78 is 0.529. The maximum atomic E-state index is 10.1. The molecule has 0 unspecified atom stereocenters. The van der Waals surface area contributed by atoms with E-state index in [0.717, 1.165) is 4.24 Å². The zero-order valence-corrected chi connectivity index (χ0v) is 9.39. The first-order valence-corrected chi connectivity index (χ1v) is 5.50. The molecule has 78 valence electrons. The van der Waals surface area contributed by atoms with Crippen molar-refractivity contribution in [3.05, 3.63) is 20.4 Å². The number of hydrogen-bond donors (Lipinski definition) is 1. The smallest absolute Gasteiger partial charge is 0.223 e. The number of nitro groups is 1. The lowest BCUT2D eigenvalue weighted by Crippen LogP contribution is -2.19. The summed E-state index contributed by atoms with van der Waals surface area (Å²) in [6, 6.07) is 0. The Morgan fingerprint density at radius 3 is 2.79 bits per heavy atom. The minimum absolute atomic E-state index is 0.190. The van der Waals surface area contributed by atoms with Gasteiger partial charge in [-0.15, -0.1) is 11.8 Å². The van der Waals surface area contributed by atoms with Gasteiger partial charge in [-0.25, -0.2) is 0 Å². The second-order valence-corrected chi connectivity index (χ2v) is 6.11.